The Labute approximate surface area is 156 Å². The van der Waals surface area contributed by atoms with Crippen LogP contribution in [0.2, 0.25) is 10.0 Å². The normalized spacial score (nSPS) is 11.3. The summed E-state index contributed by atoms with van der Waals surface area (Å²) in [5, 5.41) is 3.83. The Morgan fingerprint density at radius 1 is 1.17 bits per heavy atom. The summed E-state index contributed by atoms with van der Waals surface area (Å²) in [5.41, 5.74) is 2.25. The van der Waals surface area contributed by atoms with Gasteiger partial charge in [0.2, 0.25) is 0 Å². The molecule has 7 heteroatoms. The number of hydrogen-bond donors (Lipinski definition) is 1. The molecule has 3 aromatic rings. The van der Waals surface area contributed by atoms with Crippen LogP contribution in [0.25, 0.3) is 5.69 Å². The number of rotatable bonds is 3. The molecule has 0 aliphatic heterocycles. The van der Waals surface area contributed by atoms with Crippen LogP contribution in [0.15, 0.2) is 56.7 Å². The van der Waals surface area contributed by atoms with Crippen molar-refractivity contribution in [3.63, 3.8) is 0 Å². The van der Waals surface area contributed by atoms with Gasteiger partial charge in [0, 0.05) is 16.4 Å². The molecular weight excluding hydrogens is 413 g/mol. The van der Waals surface area contributed by atoms with E-state index >= 15 is 0 Å². The summed E-state index contributed by atoms with van der Waals surface area (Å²) in [4.78, 5) is 16.9. The summed E-state index contributed by atoms with van der Waals surface area (Å²) in [7, 11) is 0. The standard InChI is InChI=1S/C17H12BrCl2N3O/c1-10-13(9-21-15-4-2-3-14(19)16(15)20)17(24)23(22-10)12-7-5-11(18)6-8-12/h2-9,22H,1H3. The van der Waals surface area contributed by atoms with Crippen LogP contribution in [-0.4, -0.2) is 16.0 Å². The number of nitrogens with zero attached hydrogens (tertiary/aromatic N) is 2. The average Bonchev–Trinajstić information content (AvgIpc) is 2.84. The van der Waals surface area contributed by atoms with E-state index in [-0.39, 0.29) is 5.56 Å². The maximum absolute atomic E-state index is 12.6. The first-order chi connectivity index (χ1) is 11.5. The minimum absolute atomic E-state index is 0.184. The molecule has 0 radical (unpaired) electrons. The second-order valence-electron chi connectivity index (χ2n) is 5.10. The first-order valence-corrected chi connectivity index (χ1v) is 8.58. The summed E-state index contributed by atoms with van der Waals surface area (Å²) in [6, 6.07) is 12.6. The molecule has 3 rings (SSSR count). The Hall–Kier alpha value is -1.82. The van der Waals surface area contributed by atoms with Crippen molar-refractivity contribution in [2.45, 2.75) is 6.92 Å². The molecule has 122 valence electrons. The summed E-state index contributed by atoms with van der Waals surface area (Å²) < 4.78 is 2.42. The fraction of sp³-hybridized carbons (Fsp3) is 0.0588. The zero-order valence-corrected chi connectivity index (χ0v) is 15.7. The molecule has 0 spiro atoms. The van der Waals surface area contributed by atoms with Gasteiger partial charge in [-0.05, 0) is 43.3 Å². The van der Waals surface area contributed by atoms with E-state index in [1.54, 1.807) is 18.2 Å². The molecule has 0 fully saturated rings. The van der Waals surface area contributed by atoms with Gasteiger partial charge < -0.3 is 0 Å². The lowest BCUT2D eigenvalue weighted by molar-refractivity contribution is 0.835. The lowest BCUT2D eigenvalue weighted by Gasteiger charge is -2.00. The van der Waals surface area contributed by atoms with Crippen molar-refractivity contribution in [1.82, 2.24) is 9.78 Å². The van der Waals surface area contributed by atoms with Gasteiger partial charge in [-0.15, -0.1) is 0 Å². The van der Waals surface area contributed by atoms with Gasteiger partial charge in [-0.3, -0.25) is 14.9 Å². The lowest BCUT2D eigenvalue weighted by atomic mass is 10.2. The molecule has 0 saturated carbocycles. The zero-order valence-electron chi connectivity index (χ0n) is 12.6. The summed E-state index contributed by atoms with van der Waals surface area (Å²) >= 11 is 15.5. The largest absolute Gasteiger partial charge is 0.295 e. The van der Waals surface area contributed by atoms with Gasteiger partial charge in [0.25, 0.3) is 5.56 Å². The number of H-pyrrole nitrogens is 1. The van der Waals surface area contributed by atoms with Crippen LogP contribution in [0.5, 0.6) is 0 Å². The summed E-state index contributed by atoms with van der Waals surface area (Å²) in [6.45, 7) is 1.82. The zero-order chi connectivity index (χ0) is 17.3. The van der Waals surface area contributed by atoms with Crippen molar-refractivity contribution in [2.24, 2.45) is 4.99 Å². The van der Waals surface area contributed by atoms with Crippen LogP contribution in [-0.2, 0) is 0 Å². The highest BCUT2D eigenvalue weighted by Gasteiger charge is 2.11. The molecule has 1 heterocycles. The smallest absolute Gasteiger partial charge is 0.280 e. The molecule has 0 bridgehead atoms. The molecular formula is C17H12BrCl2N3O. The Morgan fingerprint density at radius 2 is 1.88 bits per heavy atom. The van der Waals surface area contributed by atoms with Crippen LogP contribution in [0.3, 0.4) is 0 Å². The van der Waals surface area contributed by atoms with Crippen LogP contribution < -0.4 is 5.56 Å². The van der Waals surface area contributed by atoms with Crippen LogP contribution in [0, 0.1) is 6.92 Å². The monoisotopic (exact) mass is 423 g/mol. The minimum Gasteiger partial charge on any atom is -0.295 e. The van der Waals surface area contributed by atoms with Gasteiger partial charge in [0.05, 0.1) is 27.0 Å². The molecule has 24 heavy (non-hydrogen) atoms. The average molecular weight is 425 g/mol. The fourth-order valence-electron chi connectivity index (χ4n) is 2.21. The summed E-state index contributed by atoms with van der Waals surface area (Å²) in [6.07, 6.45) is 1.50. The van der Waals surface area contributed by atoms with Gasteiger partial charge in [-0.25, -0.2) is 4.68 Å². The Kier molecular flexibility index (Phi) is 4.94. The van der Waals surface area contributed by atoms with Crippen molar-refractivity contribution in [3.05, 3.63) is 78.6 Å². The van der Waals surface area contributed by atoms with E-state index in [1.165, 1.54) is 10.9 Å². The number of benzene rings is 2. The molecule has 1 aromatic heterocycles. The van der Waals surface area contributed by atoms with Crippen LogP contribution >= 0.6 is 39.1 Å². The van der Waals surface area contributed by atoms with E-state index in [0.717, 1.165) is 10.2 Å². The highest BCUT2D eigenvalue weighted by Crippen LogP contribution is 2.31. The molecule has 0 amide bonds. The van der Waals surface area contributed by atoms with E-state index in [9.17, 15) is 4.79 Å². The number of halogens is 3. The van der Waals surface area contributed by atoms with Crippen molar-refractivity contribution in [3.8, 4) is 5.69 Å². The van der Waals surface area contributed by atoms with Crippen molar-refractivity contribution >= 4 is 51.0 Å². The van der Waals surface area contributed by atoms with Gasteiger partial charge >= 0.3 is 0 Å². The van der Waals surface area contributed by atoms with Gasteiger partial charge in [0.15, 0.2) is 0 Å². The number of aromatic amines is 1. The van der Waals surface area contributed by atoms with Crippen molar-refractivity contribution in [2.75, 3.05) is 0 Å². The Bertz CT molecular complexity index is 974. The van der Waals surface area contributed by atoms with E-state index in [2.05, 4.69) is 26.0 Å². The molecule has 0 atom stereocenters. The maximum atomic E-state index is 12.6. The predicted molar refractivity (Wildman–Crippen MR) is 103 cm³/mol. The van der Waals surface area contributed by atoms with Crippen molar-refractivity contribution < 1.29 is 0 Å². The Morgan fingerprint density at radius 3 is 2.58 bits per heavy atom. The minimum atomic E-state index is -0.184. The highest BCUT2D eigenvalue weighted by molar-refractivity contribution is 9.10. The number of aryl methyl sites for hydroxylation is 1. The molecule has 0 unspecified atom stereocenters. The predicted octanol–water partition coefficient (Wildman–Crippen LogP) is 5.29. The molecule has 1 N–H and O–H groups in total. The number of aliphatic imine (C=N–C) groups is 1. The first-order valence-electron chi connectivity index (χ1n) is 7.03. The molecule has 0 aliphatic rings. The van der Waals surface area contributed by atoms with Gasteiger partial charge in [-0.1, -0.05) is 45.2 Å². The third kappa shape index (κ3) is 3.34. The first kappa shape index (κ1) is 17.0. The maximum Gasteiger partial charge on any atom is 0.280 e. The molecule has 4 nitrogen and oxygen atoms in total. The lowest BCUT2D eigenvalue weighted by Crippen LogP contribution is -2.17. The van der Waals surface area contributed by atoms with Crippen molar-refractivity contribution in [1.29, 1.82) is 0 Å². The number of nitrogens with one attached hydrogen (secondary N) is 1. The van der Waals surface area contributed by atoms with E-state index < -0.39 is 0 Å². The van der Waals surface area contributed by atoms with E-state index in [4.69, 9.17) is 23.2 Å². The molecule has 2 aromatic carbocycles. The second-order valence-corrected chi connectivity index (χ2v) is 6.80. The van der Waals surface area contributed by atoms with Gasteiger partial charge in [0.1, 0.15) is 0 Å². The van der Waals surface area contributed by atoms with Crippen LogP contribution in [0.4, 0.5) is 5.69 Å². The van der Waals surface area contributed by atoms with Crippen LogP contribution in [0.1, 0.15) is 11.3 Å². The SMILES string of the molecule is Cc1[nH]n(-c2ccc(Br)cc2)c(=O)c1C=Nc1cccc(Cl)c1Cl. The number of hydrogen-bond acceptors (Lipinski definition) is 2. The fourth-order valence-corrected chi connectivity index (χ4v) is 2.82. The third-order valence-corrected chi connectivity index (χ3v) is 4.80. The van der Waals surface area contributed by atoms with E-state index in [0.29, 0.717) is 27.0 Å². The Balaban J connectivity index is 2.01. The second kappa shape index (κ2) is 6.97. The molecule has 0 aliphatic carbocycles. The highest BCUT2D eigenvalue weighted by atomic mass is 79.9. The quantitative estimate of drug-likeness (QED) is 0.570. The van der Waals surface area contributed by atoms with Gasteiger partial charge in [-0.2, -0.15) is 0 Å². The molecule has 0 saturated heterocycles. The van der Waals surface area contributed by atoms with E-state index in [1.807, 2.05) is 31.2 Å². The topological polar surface area (TPSA) is 50.1 Å². The number of aromatic nitrogens is 2. The third-order valence-electron chi connectivity index (χ3n) is 3.47. The summed E-state index contributed by atoms with van der Waals surface area (Å²) in [5.74, 6) is 0.